The molecule has 1 fully saturated rings. The van der Waals surface area contributed by atoms with Gasteiger partial charge in [0.15, 0.2) is 4.34 Å². The van der Waals surface area contributed by atoms with Crippen LogP contribution in [0.2, 0.25) is 0 Å². The van der Waals surface area contributed by atoms with Crippen LogP contribution in [0.3, 0.4) is 0 Å². The molecule has 2 heterocycles. The van der Waals surface area contributed by atoms with E-state index in [-0.39, 0.29) is 5.75 Å². The zero-order chi connectivity index (χ0) is 13.8. The Morgan fingerprint density at radius 3 is 3.05 bits per heavy atom. The van der Waals surface area contributed by atoms with Crippen molar-refractivity contribution in [2.24, 2.45) is 0 Å². The first-order valence-electron chi connectivity index (χ1n) is 6.15. The highest BCUT2D eigenvalue weighted by molar-refractivity contribution is 8.01. The molecule has 1 N–H and O–H groups in total. The lowest BCUT2D eigenvalue weighted by Gasteiger charge is -2.24. The van der Waals surface area contributed by atoms with Crippen molar-refractivity contribution in [1.82, 2.24) is 15.1 Å². The maximum Gasteiger partial charge on any atom is 0.313 e. The number of likely N-dealkylation sites (N-methyl/N-ethyl adjacent to an activating group) is 2. The summed E-state index contributed by atoms with van der Waals surface area (Å²) < 4.78 is 0.712. The Morgan fingerprint density at radius 1 is 1.63 bits per heavy atom. The van der Waals surface area contributed by atoms with Gasteiger partial charge in [-0.15, -0.1) is 10.2 Å². The first kappa shape index (κ1) is 14.5. The van der Waals surface area contributed by atoms with E-state index in [4.69, 9.17) is 5.11 Å². The molecule has 8 heteroatoms. The summed E-state index contributed by atoms with van der Waals surface area (Å²) in [5.41, 5.74) is 0. The first-order chi connectivity index (χ1) is 9.06. The lowest BCUT2D eigenvalue weighted by Crippen LogP contribution is -2.36. The van der Waals surface area contributed by atoms with E-state index >= 15 is 0 Å². The summed E-state index contributed by atoms with van der Waals surface area (Å²) in [5.74, 6) is -0.799. The van der Waals surface area contributed by atoms with Gasteiger partial charge in [-0.1, -0.05) is 23.1 Å². The quantitative estimate of drug-likeness (QED) is 0.793. The fraction of sp³-hybridized carbons (Fsp3) is 0.727. The fourth-order valence-corrected chi connectivity index (χ4v) is 3.67. The molecule has 1 aliphatic heterocycles. The topological polar surface area (TPSA) is 69.6 Å². The Hall–Kier alpha value is -0.860. The van der Waals surface area contributed by atoms with Crippen LogP contribution in [0.15, 0.2) is 4.34 Å². The predicted octanol–water partition coefficient (Wildman–Crippen LogP) is 1.25. The van der Waals surface area contributed by atoms with Gasteiger partial charge in [0.2, 0.25) is 5.13 Å². The van der Waals surface area contributed by atoms with Crippen molar-refractivity contribution in [1.29, 1.82) is 0 Å². The number of hydrogen-bond donors (Lipinski definition) is 1. The molecule has 0 aliphatic carbocycles. The molecule has 0 radical (unpaired) electrons. The summed E-state index contributed by atoms with van der Waals surface area (Å²) >= 11 is 2.67. The van der Waals surface area contributed by atoms with Crippen LogP contribution in [0, 0.1) is 0 Å². The second-order valence-corrected chi connectivity index (χ2v) is 6.87. The molecule has 106 valence electrons. The lowest BCUT2D eigenvalue weighted by atomic mass is 10.2. The number of likely N-dealkylation sites (tertiary alicyclic amines) is 1. The van der Waals surface area contributed by atoms with Crippen molar-refractivity contribution in [3.05, 3.63) is 0 Å². The third-order valence-corrected chi connectivity index (χ3v) is 5.35. The summed E-state index contributed by atoms with van der Waals surface area (Å²) in [7, 11) is 4.16. The molecule has 0 saturated carbocycles. The second kappa shape index (κ2) is 6.53. The second-order valence-electron chi connectivity index (χ2n) is 4.69. The van der Waals surface area contributed by atoms with Gasteiger partial charge in [-0.25, -0.2) is 0 Å². The summed E-state index contributed by atoms with van der Waals surface area (Å²) in [6, 6.07) is 0.573. The first-order valence-corrected chi connectivity index (χ1v) is 7.96. The van der Waals surface area contributed by atoms with Crippen LogP contribution in [0.4, 0.5) is 5.13 Å². The van der Waals surface area contributed by atoms with E-state index in [1.54, 1.807) is 0 Å². The molecule has 1 aliphatic rings. The highest BCUT2D eigenvalue weighted by Crippen LogP contribution is 2.28. The highest BCUT2D eigenvalue weighted by atomic mass is 32.2. The van der Waals surface area contributed by atoms with Gasteiger partial charge in [-0.3, -0.25) is 4.79 Å². The number of thioether (sulfide) groups is 1. The summed E-state index contributed by atoms with van der Waals surface area (Å²) in [4.78, 5) is 15.0. The van der Waals surface area contributed by atoms with Gasteiger partial charge in [-0.2, -0.15) is 0 Å². The minimum absolute atomic E-state index is 0.0315. The van der Waals surface area contributed by atoms with E-state index in [1.807, 2.05) is 7.05 Å². The van der Waals surface area contributed by atoms with Gasteiger partial charge in [0.1, 0.15) is 0 Å². The van der Waals surface area contributed by atoms with Crippen LogP contribution in [0.25, 0.3) is 0 Å². The summed E-state index contributed by atoms with van der Waals surface area (Å²) in [5, 5.41) is 17.6. The number of nitrogens with zero attached hydrogens (tertiary/aromatic N) is 4. The smallest absolute Gasteiger partial charge is 0.313 e. The SMILES string of the molecule is CN(CC1CCCN1C)c1nnc(SCC(=O)O)s1. The van der Waals surface area contributed by atoms with Crippen molar-refractivity contribution in [2.75, 3.05) is 37.8 Å². The molecule has 1 unspecified atom stereocenters. The van der Waals surface area contributed by atoms with E-state index in [0.717, 1.165) is 18.2 Å². The zero-order valence-corrected chi connectivity index (χ0v) is 12.7. The summed E-state index contributed by atoms with van der Waals surface area (Å²) in [6.07, 6.45) is 2.48. The van der Waals surface area contributed by atoms with Crippen molar-refractivity contribution in [2.45, 2.75) is 23.2 Å². The van der Waals surface area contributed by atoms with E-state index in [1.165, 1.54) is 35.9 Å². The van der Waals surface area contributed by atoms with E-state index in [0.29, 0.717) is 10.4 Å². The maximum absolute atomic E-state index is 10.5. The van der Waals surface area contributed by atoms with Gasteiger partial charge in [0, 0.05) is 19.6 Å². The third kappa shape index (κ3) is 4.05. The van der Waals surface area contributed by atoms with Gasteiger partial charge >= 0.3 is 5.97 Å². The van der Waals surface area contributed by atoms with Crippen molar-refractivity contribution < 1.29 is 9.90 Å². The average molecular weight is 302 g/mol. The summed E-state index contributed by atoms with van der Waals surface area (Å²) in [6.45, 7) is 2.10. The fourth-order valence-electron chi connectivity index (χ4n) is 2.14. The maximum atomic E-state index is 10.5. The molecular weight excluding hydrogens is 284 g/mol. The van der Waals surface area contributed by atoms with Gasteiger partial charge in [0.05, 0.1) is 5.75 Å². The standard InChI is InChI=1S/C11H18N4O2S2/c1-14-5-3-4-8(14)6-15(2)10-12-13-11(19-10)18-7-9(16)17/h8H,3-7H2,1-2H3,(H,16,17). The Kier molecular flexibility index (Phi) is 5.00. The van der Waals surface area contributed by atoms with E-state index in [9.17, 15) is 4.79 Å². The molecule has 1 saturated heterocycles. The highest BCUT2D eigenvalue weighted by Gasteiger charge is 2.23. The van der Waals surface area contributed by atoms with Crippen molar-refractivity contribution in [3.8, 4) is 0 Å². The number of anilines is 1. The number of carbonyl (C=O) groups is 1. The number of aromatic nitrogens is 2. The molecule has 0 spiro atoms. The van der Waals surface area contributed by atoms with E-state index in [2.05, 4.69) is 27.0 Å². The molecule has 1 aromatic rings. The minimum Gasteiger partial charge on any atom is -0.481 e. The van der Waals surface area contributed by atoms with Gasteiger partial charge in [0.25, 0.3) is 0 Å². The largest absolute Gasteiger partial charge is 0.481 e. The van der Waals surface area contributed by atoms with Gasteiger partial charge < -0.3 is 14.9 Å². The Bertz CT molecular complexity index is 440. The molecule has 1 aromatic heterocycles. The molecule has 0 bridgehead atoms. The number of hydrogen-bond acceptors (Lipinski definition) is 7. The van der Waals surface area contributed by atoms with Crippen molar-refractivity contribution >= 4 is 34.2 Å². The normalized spacial score (nSPS) is 19.8. The number of rotatable bonds is 6. The number of carboxylic acids is 1. The van der Waals surface area contributed by atoms with Gasteiger partial charge in [-0.05, 0) is 26.4 Å². The molecular formula is C11H18N4O2S2. The van der Waals surface area contributed by atoms with E-state index < -0.39 is 5.97 Å². The van der Waals surface area contributed by atoms with Crippen LogP contribution in [0.5, 0.6) is 0 Å². The Labute approximate surface area is 120 Å². The number of aliphatic carboxylic acids is 1. The Balaban J connectivity index is 1.88. The molecule has 1 atom stereocenters. The minimum atomic E-state index is -0.831. The van der Waals surface area contributed by atoms with Crippen LogP contribution < -0.4 is 4.90 Å². The lowest BCUT2D eigenvalue weighted by molar-refractivity contribution is -0.133. The molecule has 0 amide bonds. The van der Waals surface area contributed by atoms with Crippen LogP contribution in [-0.4, -0.2) is 65.2 Å². The zero-order valence-electron chi connectivity index (χ0n) is 11.1. The molecule has 19 heavy (non-hydrogen) atoms. The third-order valence-electron chi connectivity index (χ3n) is 3.20. The molecule has 6 nitrogen and oxygen atoms in total. The predicted molar refractivity (Wildman–Crippen MR) is 77.2 cm³/mol. The molecule has 2 rings (SSSR count). The van der Waals surface area contributed by atoms with Crippen LogP contribution >= 0.6 is 23.1 Å². The number of carboxylic acid groups (broad SMARTS) is 1. The van der Waals surface area contributed by atoms with Crippen LogP contribution in [-0.2, 0) is 4.79 Å². The van der Waals surface area contributed by atoms with Crippen molar-refractivity contribution in [3.63, 3.8) is 0 Å². The Morgan fingerprint density at radius 2 is 2.42 bits per heavy atom. The molecule has 0 aromatic carbocycles. The van der Waals surface area contributed by atoms with Crippen LogP contribution in [0.1, 0.15) is 12.8 Å². The monoisotopic (exact) mass is 302 g/mol. The average Bonchev–Trinajstić information content (AvgIpc) is 2.97.